The van der Waals surface area contributed by atoms with Gasteiger partial charge < -0.3 is 15.2 Å². The highest BCUT2D eigenvalue weighted by atomic mass is 79.9. The van der Waals surface area contributed by atoms with Gasteiger partial charge in [0.25, 0.3) is 5.91 Å². The lowest BCUT2D eigenvalue weighted by Gasteiger charge is -2.10. The smallest absolute Gasteiger partial charge is 0.338 e. The molecular weight excluding hydrogens is 290 g/mol. The van der Waals surface area contributed by atoms with Crippen molar-refractivity contribution < 1.29 is 19.1 Å². The quantitative estimate of drug-likeness (QED) is 0.855. The van der Waals surface area contributed by atoms with Gasteiger partial charge in [-0.25, -0.2) is 4.79 Å². The van der Waals surface area contributed by atoms with Crippen molar-refractivity contribution in [3.8, 4) is 5.75 Å². The molecule has 0 aromatic heterocycles. The molecule has 1 aromatic carbocycles. The number of hydrogen-bond acceptors (Lipinski definition) is 4. The Hall–Kier alpha value is -1.56. The fraction of sp³-hybridized carbons (Fsp3) is 0.273. The molecule has 0 heterocycles. The summed E-state index contributed by atoms with van der Waals surface area (Å²) in [5.41, 5.74) is 5.30. The van der Waals surface area contributed by atoms with Crippen LogP contribution in [0.1, 0.15) is 17.3 Å². The first kappa shape index (κ1) is 13.5. The highest BCUT2D eigenvalue weighted by Gasteiger charge is 2.16. The van der Waals surface area contributed by atoms with Crippen molar-refractivity contribution in [3.05, 3.63) is 28.2 Å². The number of carbonyl (C=O) groups excluding carboxylic acids is 2. The Kier molecular flexibility index (Phi) is 4.51. The summed E-state index contributed by atoms with van der Waals surface area (Å²) in [6.07, 6.45) is -0.955. The van der Waals surface area contributed by atoms with Crippen LogP contribution in [0.3, 0.4) is 0 Å². The third-order valence-electron chi connectivity index (χ3n) is 2.07. The Balaban J connectivity index is 2.83. The molecule has 1 amide bonds. The zero-order valence-corrected chi connectivity index (χ0v) is 11.0. The number of halogens is 1. The van der Waals surface area contributed by atoms with Crippen LogP contribution in [0.25, 0.3) is 0 Å². The molecule has 17 heavy (non-hydrogen) atoms. The van der Waals surface area contributed by atoms with Crippen LogP contribution in [0, 0.1) is 0 Å². The monoisotopic (exact) mass is 301 g/mol. The van der Waals surface area contributed by atoms with E-state index in [2.05, 4.69) is 15.9 Å². The maximum absolute atomic E-state index is 11.6. The number of hydrogen-bond donors (Lipinski definition) is 1. The molecule has 0 spiro atoms. The number of amides is 1. The fourth-order valence-electron chi connectivity index (χ4n) is 1.08. The van der Waals surface area contributed by atoms with Crippen molar-refractivity contribution in [1.29, 1.82) is 0 Å². The number of carbonyl (C=O) groups is 2. The zero-order chi connectivity index (χ0) is 13.0. The fourth-order valence-corrected chi connectivity index (χ4v) is 1.62. The molecule has 1 atom stereocenters. The average molecular weight is 302 g/mol. The van der Waals surface area contributed by atoms with E-state index in [1.54, 1.807) is 18.2 Å². The first-order valence-corrected chi connectivity index (χ1v) is 5.59. The number of esters is 1. The molecule has 0 saturated carbocycles. The second-order valence-electron chi connectivity index (χ2n) is 3.30. The zero-order valence-electron chi connectivity index (χ0n) is 9.40. The van der Waals surface area contributed by atoms with Crippen LogP contribution in [0.2, 0.25) is 0 Å². The lowest BCUT2D eigenvalue weighted by Crippen LogP contribution is -2.30. The minimum Gasteiger partial charge on any atom is -0.496 e. The molecular formula is C11H12BrNO4. The van der Waals surface area contributed by atoms with E-state index in [-0.39, 0.29) is 0 Å². The summed E-state index contributed by atoms with van der Waals surface area (Å²) in [6, 6.07) is 4.71. The highest BCUT2D eigenvalue weighted by Crippen LogP contribution is 2.25. The molecule has 1 aromatic rings. The van der Waals surface area contributed by atoms with Gasteiger partial charge in [-0.1, -0.05) is 0 Å². The van der Waals surface area contributed by atoms with Crippen molar-refractivity contribution in [2.45, 2.75) is 13.0 Å². The van der Waals surface area contributed by atoms with E-state index in [1.807, 2.05) is 0 Å². The van der Waals surface area contributed by atoms with E-state index in [4.69, 9.17) is 15.2 Å². The first-order chi connectivity index (χ1) is 7.95. The standard InChI is InChI=1S/C11H12BrNO4/c1-6(10(13)14)17-11(15)7-3-4-9(16-2)8(12)5-7/h3-6H,1-2H3,(H2,13,14)/t6-/m0/s1. The number of methoxy groups -OCH3 is 1. The Bertz CT molecular complexity index is 447. The maximum atomic E-state index is 11.6. The van der Waals surface area contributed by atoms with Crippen molar-refractivity contribution in [2.24, 2.45) is 5.73 Å². The molecule has 0 aliphatic rings. The van der Waals surface area contributed by atoms with Crippen LogP contribution < -0.4 is 10.5 Å². The normalized spacial score (nSPS) is 11.7. The average Bonchev–Trinajstić information content (AvgIpc) is 2.28. The van der Waals surface area contributed by atoms with Gasteiger partial charge in [-0.15, -0.1) is 0 Å². The van der Waals surface area contributed by atoms with Gasteiger partial charge in [0.2, 0.25) is 0 Å². The van der Waals surface area contributed by atoms with Gasteiger partial charge in [-0.2, -0.15) is 0 Å². The lowest BCUT2D eigenvalue weighted by atomic mass is 10.2. The minimum absolute atomic E-state index is 0.311. The van der Waals surface area contributed by atoms with Crippen LogP contribution >= 0.6 is 15.9 Å². The van der Waals surface area contributed by atoms with E-state index in [0.29, 0.717) is 15.8 Å². The first-order valence-electron chi connectivity index (χ1n) is 4.79. The van der Waals surface area contributed by atoms with Crippen molar-refractivity contribution in [3.63, 3.8) is 0 Å². The van der Waals surface area contributed by atoms with E-state index < -0.39 is 18.0 Å². The maximum Gasteiger partial charge on any atom is 0.338 e. The van der Waals surface area contributed by atoms with Crippen LogP contribution in [0.4, 0.5) is 0 Å². The highest BCUT2D eigenvalue weighted by molar-refractivity contribution is 9.10. The topological polar surface area (TPSA) is 78.6 Å². The Morgan fingerprint density at radius 1 is 1.41 bits per heavy atom. The van der Waals surface area contributed by atoms with Gasteiger partial charge in [0, 0.05) is 0 Å². The largest absolute Gasteiger partial charge is 0.496 e. The second-order valence-corrected chi connectivity index (χ2v) is 4.15. The molecule has 0 aliphatic carbocycles. The summed E-state index contributed by atoms with van der Waals surface area (Å²) < 4.78 is 10.5. The number of ether oxygens (including phenoxy) is 2. The Morgan fingerprint density at radius 2 is 2.06 bits per heavy atom. The minimum atomic E-state index is -0.955. The van der Waals surface area contributed by atoms with Crippen molar-refractivity contribution in [2.75, 3.05) is 7.11 Å². The van der Waals surface area contributed by atoms with Gasteiger partial charge >= 0.3 is 5.97 Å². The molecule has 0 saturated heterocycles. The summed E-state index contributed by atoms with van der Waals surface area (Å²) >= 11 is 3.25. The van der Waals surface area contributed by atoms with Gasteiger partial charge in [0.15, 0.2) is 6.10 Å². The SMILES string of the molecule is COc1ccc(C(=O)O[C@@H](C)C(N)=O)cc1Br. The molecule has 0 bridgehead atoms. The van der Waals surface area contributed by atoms with E-state index in [0.717, 1.165) is 0 Å². The molecule has 5 nitrogen and oxygen atoms in total. The second kappa shape index (κ2) is 5.67. The summed E-state index contributed by atoms with van der Waals surface area (Å²) in [7, 11) is 1.52. The molecule has 6 heteroatoms. The van der Waals surface area contributed by atoms with Gasteiger partial charge in [-0.05, 0) is 41.1 Å². The van der Waals surface area contributed by atoms with Crippen LogP contribution in [-0.4, -0.2) is 25.1 Å². The molecule has 0 unspecified atom stereocenters. The molecule has 0 fully saturated rings. The van der Waals surface area contributed by atoms with Crippen molar-refractivity contribution >= 4 is 27.8 Å². The number of rotatable bonds is 4. The predicted molar refractivity (Wildman–Crippen MR) is 64.8 cm³/mol. The predicted octanol–water partition coefficient (Wildman–Crippen LogP) is 1.49. The van der Waals surface area contributed by atoms with Crippen LogP contribution in [0.15, 0.2) is 22.7 Å². The third kappa shape index (κ3) is 3.45. The molecule has 92 valence electrons. The molecule has 1 rings (SSSR count). The molecule has 2 N–H and O–H groups in total. The van der Waals surface area contributed by atoms with Crippen LogP contribution in [-0.2, 0) is 9.53 Å². The number of benzene rings is 1. The van der Waals surface area contributed by atoms with Crippen LogP contribution in [0.5, 0.6) is 5.75 Å². The van der Waals surface area contributed by atoms with Gasteiger partial charge in [0.1, 0.15) is 5.75 Å². The summed E-state index contributed by atoms with van der Waals surface area (Å²) in [4.78, 5) is 22.4. The summed E-state index contributed by atoms with van der Waals surface area (Å²) in [5.74, 6) is -0.699. The van der Waals surface area contributed by atoms with E-state index in [1.165, 1.54) is 14.0 Å². The Labute approximate surface area is 107 Å². The lowest BCUT2D eigenvalue weighted by molar-refractivity contribution is -0.125. The Morgan fingerprint density at radius 3 is 2.53 bits per heavy atom. The van der Waals surface area contributed by atoms with E-state index >= 15 is 0 Å². The van der Waals surface area contributed by atoms with E-state index in [9.17, 15) is 9.59 Å². The third-order valence-corrected chi connectivity index (χ3v) is 2.69. The van der Waals surface area contributed by atoms with Crippen molar-refractivity contribution in [1.82, 2.24) is 0 Å². The summed E-state index contributed by atoms with van der Waals surface area (Å²) in [6.45, 7) is 1.42. The van der Waals surface area contributed by atoms with Gasteiger partial charge in [0.05, 0.1) is 17.1 Å². The summed E-state index contributed by atoms with van der Waals surface area (Å²) in [5, 5.41) is 0. The molecule has 0 aliphatic heterocycles. The number of nitrogens with two attached hydrogens (primary N) is 1. The van der Waals surface area contributed by atoms with Gasteiger partial charge in [-0.3, -0.25) is 4.79 Å². The number of primary amides is 1. The molecule has 0 radical (unpaired) electrons.